The summed E-state index contributed by atoms with van der Waals surface area (Å²) in [5.74, 6) is -1.36. The maximum Gasteiger partial charge on any atom is 0.319 e. The SMILES string of the molecule is CSc1cccc(NC(=O)NC2CCN(C(=O)CC(C)(C)C)C2C(=O)NC(Cc2cccs2)C(N)=O)c1. The number of carbonyl (C=O) groups excluding carboxylic acids is 4. The summed E-state index contributed by atoms with van der Waals surface area (Å²) in [5.41, 5.74) is 5.93. The van der Waals surface area contributed by atoms with Crippen molar-refractivity contribution in [3.8, 4) is 0 Å². The Morgan fingerprint density at radius 1 is 1.19 bits per heavy atom. The van der Waals surface area contributed by atoms with Gasteiger partial charge in [-0.1, -0.05) is 32.9 Å². The first kappa shape index (κ1) is 28.5. The minimum atomic E-state index is -0.969. The number of hydrogen-bond acceptors (Lipinski definition) is 6. The average Bonchev–Trinajstić information content (AvgIpc) is 3.47. The number of nitrogens with one attached hydrogen (secondary N) is 3. The standard InChI is InChI=1S/C26H35N5O4S2/c1-26(2,3)15-21(32)31-11-10-19(30-25(35)28-16-7-5-8-17(13-16)36-4)22(31)24(34)29-20(23(27)33)14-18-9-6-12-37-18/h5-9,12-13,19-20,22H,10-11,14-15H2,1-4H3,(H2,27,33)(H,29,34)(H2,28,30,35). The number of thiophene rings is 1. The highest BCUT2D eigenvalue weighted by Crippen LogP contribution is 2.26. The van der Waals surface area contributed by atoms with Gasteiger partial charge < -0.3 is 26.6 Å². The topological polar surface area (TPSA) is 134 Å². The molecule has 11 heteroatoms. The molecular weight excluding hydrogens is 510 g/mol. The number of thioether (sulfide) groups is 1. The van der Waals surface area contributed by atoms with E-state index in [1.807, 2.05) is 62.7 Å². The third kappa shape index (κ3) is 8.22. The Balaban J connectivity index is 1.78. The van der Waals surface area contributed by atoms with Crippen LogP contribution in [-0.4, -0.2) is 59.6 Å². The van der Waals surface area contributed by atoms with Crippen molar-refractivity contribution in [3.63, 3.8) is 0 Å². The first-order chi connectivity index (χ1) is 17.5. The number of carbonyl (C=O) groups is 4. The highest BCUT2D eigenvalue weighted by Gasteiger charge is 2.44. The number of hydrogen-bond donors (Lipinski definition) is 4. The summed E-state index contributed by atoms with van der Waals surface area (Å²) < 4.78 is 0. The van der Waals surface area contributed by atoms with Crippen molar-refractivity contribution in [2.75, 3.05) is 18.1 Å². The van der Waals surface area contributed by atoms with Gasteiger partial charge in [-0.05, 0) is 47.7 Å². The number of nitrogens with zero attached hydrogens (tertiary/aromatic N) is 1. The fourth-order valence-corrected chi connectivity index (χ4v) is 5.46. The van der Waals surface area contributed by atoms with E-state index in [2.05, 4.69) is 16.0 Å². The van der Waals surface area contributed by atoms with Crippen LogP contribution in [0.3, 0.4) is 0 Å². The molecule has 5 amide bonds. The summed E-state index contributed by atoms with van der Waals surface area (Å²) in [6.45, 7) is 6.16. The van der Waals surface area contributed by atoms with Crippen LogP contribution in [0.5, 0.6) is 0 Å². The maximum absolute atomic E-state index is 13.5. The fourth-order valence-electron chi connectivity index (χ4n) is 4.25. The lowest BCUT2D eigenvalue weighted by molar-refractivity contribution is -0.141. The summed E-state index contributed by atoms with van der Waals surface area (Å²) in [4.78, 5) is 55.1. The average molecular weight is 546 g/mol. The van der Waals surface area contributed by atoms with E-state index in [9.17, 15) is 19.2 Å². The van der Waals surface area contributed by atoms with E-state index in [4.69, 9.17) is 5.73 Å². The Kier molecular flexibility index (Phi) is 9.61. The first-order valence-corrected chi connectivity index (χ1v) is 14.2. The predicted octanol–water partition coefficient (Wildman–Crippen LogP) is 3.21. The van der Waals surface area contributed by atoms with Crippen LogP contribution in [-0.2, 0) is 20.8 Å². The van der Waals surface area contributed by atoms with Crippen LogP contribution in [0.2, 0.25) is 0 Å². The molecule has 200 valence electrons. The van der Waals surface area contributed by atoms with E-state index in [0.717, 1.165) is 9.77 Å². The highest BCUT2D eigenvalue weighted by molar-refractivity contribution is 7.98. The number of primary amides is 1. The third-order valence-corrected chi connectivity index (χ3v) is 7.58. The number of likely N-dealkylation sites (tertiary alicyclic amines) is 1. The van der Waals surface area contributed by atoms with E-state index in [-0.39, 0.29) is 24.2 Å². The van der Waals surface area contributed by atoms with Gasteiger partial charge in [0.05, 0.1) is 6.04 Å². The summed E-state index contributed by atoms with van der Waals surface area (Å²) in [6, 6.07) is 8.12. The molecule has 1 saturated heterocycles. The molecule has 1 aliphatic heterocycles. The van der Waals surface area contributed by atoms with Crippen molar-refractivity contribution in [2.45, 2.75) is 63.1 Å². The van der Waals surface area contributed by atoms with Gasteiger partial charge >= 0.3 is 6.03 Å². The molecule has 1 aliphatic rings. The number of nitrogens with two attached hydrogens (primary N) is 1. The van der Waals surface area contributed by atoms with Crippen molar-refractivity contribution in [1.29, 1.82) is 0 Å². The smallest absolute Gasteiger partial charge is 0.319 e. The van der Waals surface area contributed by atoms with E-state index in [1.165, 1.54) is 16.2 Å². The normalized spacial score (nSPS) is 18.2. The maximum atomic E-state index is 13.5. The van der Waals surface area contributed by atoms with Crippen molar-refractivity contribution in [1.82, 2.24) is 15.5 Å². The van der Waals surface area contributed by atoms with Gasteiger partial charge in [0.25, 0.3) is 0 Å². The summed E-state index contributed by atoms with van der Waals surface area (Å²) in [7, 11) is 0. The molecule has 0 aliphatic carbocycles. The molecule has 0 radical (unpaired) electrons. The molecule has 0 saturated carbocycles. The number of rotatable bonds is 9. The largest absolute Gasteiger partial charge is 0.368 e. The van der Waals surface area contributed by atoms with Gasteiger partial charge in [0.2, 0.25) is 17.7 Å². The van der Waals surface area contributed by atoms with E-state index in [0.29, 0.717) is 18.7 Å². The Bertz CT molecular complexity index is 1120. The van der Waals surface area contributed by atoms with Gasteiger partial charge in [-0.2, -0.15) is 0 Å². The number of amides is 5. The lowest BCUT2D eigenvalue weighted by Gasteiger charge is -2.31. The Morgan fingerprint density at radius 2 is 1.95 bits per heavy atom. The molecule has 1 aromatic heterocycles. The van der Waals surface area contributed by atoms with Gasteiger partial charge in [-0.15, -0.1) is 23.1 Å². The van der Waals surface area contributed by atoms with Gasteiger partial charge in [0.1, 0.15) is 12.1 Å². The first-order valence-electron chi connectivity index (χ1n) is 12.1. The second kappa shape index (κ2) is 12.5. The highest BCUT2D eigenvalue weighted by atomic mass is 32.2. The lowest BCUT2D eigenvalue weighted by Crippen LogP contribution is -2.58. The Labute approximate surface area is 225 Å². The molecule has 1 aromatic carbocycles. The zero-order valence-corrected chi connectivity index (χ0v) is 23.2. The fraction of sp³-hybridized carbons (Fsp3) is 0.462. The van der Waals surface area contributed by atoms with Crippen LogP contribution >= 0.6 is 23.1 Å². The van der Waals surface area contributed by atoms with Gasteiger partial charge in [-0.25, -0.2) is 4.79 Å². The molecule has 2 aromatic rings. The van der Waals surface area contributed by atoms with Crippen LogP contribution in [0.15, 0.2) is 46.7 Å². The van der Waals surface area contributed by atoms with E-state index < -0.39 is 36.0 Å². The minimum absolute atomic E-state index is 0.182. The van der Waals surface area contributed by atoms with Gasteiger partial charge in [-0.3, -0.25) is 14.4 Å². The van der Waals surface area contributed by atoms with Crippen LogP contribution in [0.4, 0.5) is 10.5 Å². The van der Waals surface area contributed by atoms with Crippen molar-refractivity contribution >= 4 is 52.5 Å². The van der Waals surface area contributed by atoms with Crippen LogP contribution in [0.25, 0.3) is 0 Å². The molecule has 0 bridgehead atoms. The number of urea groups is 1. The Morgan fingerprint density at radius 3 is 2.57 bits per heavy atom. The molecule has 2 heterocycles. The van der Waals surface area contributed by atoms with Gasteiger partial charge in [0.15, 0.2) is 0 Å². The molecule has 1 fully saturated rings. The molecular formula is C26H35N5O4S2. The summed E-state index contributed by atoms with van der Waals surface area (Å²) >= 11 is 3.02. The number of benzene rings is 1. The zero-order chi connectivity index (χ0) is 27.2. The van der Waals surface area contributed by atoms with E-state index >= 15 is 0 Å². The van der Waals surface area contributed by atoms with Gasteiger partial charge in [0, 0.05) is 34.8 Å². The third-order valence-electron chi connectivity index (χ3n) is 5.96. The second-order valence-corrected chi connectivity index (χ2v) is 12.2. The quantitative estimate of drug-likeness (QED) is 0.359. The predicted molar refractivity (Wildman–Crippen MR) is 148 cm³/mol. The van der Waals surface area contributed by atoms with Crippen molar-refractivity contribution < 1.29 is 19.2 Å². The summed E-state index contributed by atoms with van der Waals surface area (Å²) in [5, 5.41) is 10.3. The Hall–Kier alpha value is -3.05. The molecule has 5 N–H and O–H groups in total. The molecule has 3 rings (SSSR count). The molecule has 9 nitrogen and oxygen atoms in total. The molecule has 0 spiro atoms. The minimum Gasteiger partial charge on any atom is -0.368 e. The molecule has 3 unspecified atom stereocenters. The monoisotopic (exact) mass is 545 g/mol. The zero-order valence-electron chi connectivity index (χ0n) is 21.6. The van der Waals surface area contributed by atoms with E-state index in [1.54, 1.807) is 17.8 Å². The second-order valence-electron chi connectivity index (χ2n) is 10.2. The van der Waals surface area contributed by atoms with Crippen LogP contribution in [0.1, 0.15) is 38.5 Å². The van der Waals surface area contributed by atoms with Crippen LogP contribution < -0.4 is 21.7 Å². The molecule has 3 atom stereocenters. The van der Waals surface area contributed by atoms with Crippen molar-refractivity contribution in [2.24, 2.45) is 11.1 Å². The summed E-state index contributed by atoms with van der Waals surface area (Å²) in [6.07, 6.45) is 2.84. The number of anilines is 1. The lowest BCUT2D eigenvalue weighted by atomic mass is 9.91. The molecule has 37 heavy (non-hydrogen) atoms. The van der Waals surface area contributed by atoms with Crippen molar-refractivity contribution in [3.05, 3.63) is 46.7 Å². The van der Waals surface area contributed by atoms with Crippen LogP contribution in [0, 0.1) is 5.41 Å².